The van der Waals surface area contributed by atoms with Crippen molar-refractivity contribution in [2.75, 3.05) is 0 Å². The summed E-state index contributed by atoms with van der Waals surface area (Å²) >= 11 is 0. The zero-order chi connectivity index (χ0) is 8.48. The molecule has 0 heterocycles. The molecule has 62 valence electrons. The Hall–Kier alpha value is -0.480. The Morgan fingerprint density at radius 3 is 2.55 bits per heavy atom. The Kier molecular flexibility index (Phi) is 2.25. The van der Waals surface area contributed by atoms with Crippen LogP contribution in [0.25, 0.3) is 0 Å². The second-order valence-electron chi connectivity index (χ2n) is 2.22. The van der Waals surface area contributed by atoms with Gasteiger partial charge in [0, 0.05) is 10.7 Å². The first-order chi connectivity index (χ1) is 5.00. The smallest absolute Gasteiger partial charge is 0.257 e. The summed E-state index contributed by atoms with van der Waals surface area (Å²) in [6, 6.07) is 0. The number of hydrogen-bond acceptors (Lipinski definition) is 3. The van der Waals surface area contributed by atoms with Gasteiger partial charge in [0.15, 0.2) is 0 Å². The van der Waals surface area contributed by atoms with Gasteiger partial charge < -0.3 is 5.11 Å². The summed E-state index contributed by atoms with van der Waals surface area (Å²) in [4.78, 5) is 0.0826. The lowest BCUT2D eigenvalue weighted by Gasteiger charge is -2.06. The first-order valence-electron chi connectivity index (χ1n) is 3.04. The maximum Gasteiger partial charge on any atom is 0.257 e. The van der Waals surface area contributed by atoms with E-state index in [1.54, 1.807) is 6.08 Å². The number of aliphatic hydroxyl groups excluding tert-OH is 1. The van der Waals surface area contributed by atoms with Gasteiger partial charge in [-0.3, -0.25) is 0 Å². The average molecular weight is 195 g/mol. The van der Waals surface area contributed by atoms with Gasteiger partial charge in [-0.1, -0.05) is 0 Å². The molecule has 0 saturated heterocycles. The fourth-order valence-electron chi connectivity index (χ4n) is 0.851. The van der Waals surface area contributed by atoms with E-state index in [2.05, 4.69) is 0 Å². The van der Waals surface area contributed by atoms with Crippen molar-refractivity contribution in [3.8, 4) is 0 Å². The van der Waals surface area contributed by atoms with E-state index in [1.807, 2.05) is 0 Å². The van der Waals surface area contributed by atoms with Crippen LogP contribution in [-0.2, 0) is 9.05 Å². The molecular weight excluding hydrogens is 188 g/mol. The van der Waals surface area contributed by atoms with Crippen molar-refractivity contribution in [2.24, 2.45) is 0 Å². The number of aliphatic hydroxyl groups is 1. The molecule has 1 aliphatic carbocycles. The van der Waals surface area contributed by atoms with Crippen LogP contribution in [0.3, 0.4) is 0 Å². The zero-order valence-electron chi connectivity index (χ0n) is 5.62. The molecule has 0 unspecified atom stereocenters. The molecule has 11 heavy (non-hydrogen) atoms. The Bertz CT molecular complexity index is 313. The fraction of sp³-hybridized carbons (Fsp3) is 0.333. The molecule has 0 aromatic rings. The van der Waals surface area contributed by atoms with Crippen molar-refractivity contribution < 1.29 is 13.5 Å². The van der Waals surface area contributed by atoms with Gasteiger partial charge in [-0.05, 0) is 25.0 Å². The number of hydrogen-bond donors (Lipinski definition) is 1. The number of rotatable bonds is 1. The Morgan fingerprint density at radius 2 is 2.18 bits per heavy atom. The fourth-order valence-corrected chi connectivity index (χ4v) is 1.84. The summed E-state index contributed by atoms with van der Waals surface area (Å²) in [6.45, 7) is 0. The quantitative estimate of drug-likeness (QED) is 0.647. The maximum atomic E-state index is 10.7. The first-order valence-corrected chi connectivity index (χ1v) is 5.35. The van der Waals surface area contributed by atoms with Gasteiger partial charge in [-0.25, -0.2) is 8.42 Å². The first kappa shape index (κ1) is 8.62. The molecule has 1 rings (SSSR count). The second-order valence-corrected chi connectivity index (χ2v) is 4.84. The normalized spacial score (nSPS) is 19.0. The molecule has 0 fully saturated rings. The SMILES string of the molecule is O=S(=O)(Cl)C1=CC(O)=CCC1. The van der Waals surface area contributed by atoms with Crippen LogP contribution >= 0.6 is 10.7 Å². The van der Waals surface area contributed by atoms with E-state index >= 15 is 0 Å². The van der Waals surface area contributed by atoms with Crippen LogP contribution in [0.2, 0.25) is 0 Å². The van der Waals surface area contributed by atoms with E-state index in [0.717, 1.165) is 0 Å². The molecule has 3 nitrogen and oxygen atoms in total. The van der Waals surface area contributed by atoms with Crippen LogP contribution in [-0.4, -0.2) is 13.5 Å². The molecule has 5 heteroatoms. The zero-order valence-corrected chi connectivity index (χ0v) is 7.19. The minimum Gasteiger partial charge on any atom is -0.508 e. The summed E-state index contributed by atoms with van der Waals surface area (Å²) < 4.78 is 21.4. The summed E-state index contributed by atoms with van der Waals surface area (Å²) in [5.74, 6) is -0.0320. The van der Waals surface area contributed by atoms with Crippen molar-refractivity contribution in [1.29, 1.82) is 0 Å². The molecule has 0 saturated carbocycles. The van der Waals surface area contributed by atoms with Gasteiger partial charge in [0.2, 0.25) is 0 Å². The van der Waals surface area contributed by atoms with Crippen LogP contribution < -0.4 is 0 Å². The summed E-state index contributed by atoms with van der Waals surface area (Å²) in [6.07, 6.45) is 3.61. The molecule has 1 N–H and O–H groups in total. The molecule has 0 radical (unpaired) electrons. The highest BCUT2D eigenvalue weighted by Gasteiger charge is 2.16. The third-order valence-corrected chi connectivity index (χ3v) is 2.91. The molecule has 0 bridgehead atoms. The number of allylic oxidation sites excluding steroid dienone is 3. The molecule has 0 aromatic carbocycles. The third kappa shape index (κ3) is 2.24. The van der Waals surface area contributed by atoms with Gasteiger partial charge in [-0.15, -0.1) is 0 Å². The topological polar surface area (TPSA) is 54.4 Å². The van der Waals surface area contributed by atoms with Crippen LogP contribution in [0, 0.1) is 0 Å². The van der Waals surface area contributed by atoms with Crippen LogP contribution in [0.5, 0.6) is 0 Å². The van der Waals surface area contributed by atoms with E-state index in [-0.39, 0.29) is 10.7 Å². The third-order valence-electron chi connectivity index (χ3n) is 1.37. The van der Waals surface area contributed by atoms with Gasteiger partial charge in [-0.2, -0.15) is 0 Å². The molecule has 0 atom stereocenters. The lowest BCUT2D eigenvalue weighted by molar-refractivity contribution is 0.426. The van der Waals surface area contributed by atoms with Crippen molar-refractivity contribution in [1.82, 2.24) is 0 Å². The molecule has 0 aromatic heterocycles. The summed E-state index contributed by atoms with van der Waals surface area (Å²) in [5.41, 5.74) is 0. The highest BCUT2D eigenvalue weighted by molar-refractivity contribution is 8.16. The highest BCUT2D eigenvalue weighted by Crippen LogP contribution is 2.23. The standard InChI is InChI=1S/C6H7ClO3S/c7-11(9,10)6-3-1-2-5(8)4-6/h2,4,8H,1,3H2. The van der Waals surface area contributed by atoms with Gasteiger partial charge >= 0.3 is 0 Å². The maximum absolute atomic E-state index is 10.7. The largest absolute Gasteiger partial charge is 0.508 e. The van der Waals surface area contributed by atoms with Crippen molar-refractivity contribution in [2.45, 2.75) is 12.8 Å². The Labute approximate surface area is 69.4 Å². The van der Waals surface area contributed by atoms with Crippen molar-refractivity contribution in [3.63, 3.8) is 0 Å². The van der Waals surface area contributed by atoms with E-state index in [0.29, 0.717) is 12.8 Å². The number of halogens is 1. The van der Waals surface area contributed by atoms with E-state index in [9.17, 15) is 8.42 Å². The second kappa shape index (κ2) is 2.87. The van der Waals surface area contributed by atoms with Crippen molar-refractivity contribution in [3.05, 3.63) is 22.8 Å². The lowest BCUT2D eigenvalue weighted by Crippen LogP contribution is -1.99. The van der Waals surface area contributed by atoms with Gasteiger partial charge in [0.05, 0.1) is 4.91 Å². The molecule has 0 spiro atoms. The highest BCUT2D eigenvalue weighted by atomic mass is 35.7. The van der Waals surface area contributed by atoms with E-state index in [4.69, 9.17) is 15.8 Å². The minimum absolute atomic E-state index is 0.0320. The van der Waals surface area contributed by atoms with E-state index in [1.165, 1.54) is 6.08 Å². The van der Waals surface area contributed by atoms with Crippen LogP contribution in [0.1, 0.15) is 12.8 Å². The van der Waals surface area contributed by atoms with Gasteiger partial charge in [0.1, 0.15) is 5.76 Å². The Morgan fingerprint density at radius 1 is 1.55 bits per heavy atom. The van der Waals surface area contributed by atoms with Crippen molar-refractivity contribution >= 4 is 19.7 Å². The van der Waals surface area contributed by atoms with Crippen LogP contribution in [0.4, 0.5) is 0 Å². The van der Waals surface area contributed by atoms with Gasteiger partial charge in [0.25, 0.3) is 9.05 Å². The molecule has 0 aliphatic heterocycles. The Balaban J connectivity index is 3.00. The molecular formula is C6H7ClO3S. The van der Waals surface area contributed by atoms with Crippen LogP contribution in [0.15, 0.2) is 22.8 Å². The lowest BCUT2D eigenvalue weighted by atomic mass is 10.2. The summed E-state index contributed by atoms with van der Waals surface area (Å²) in [7, 11) is 1.42. The summed E-state index contributed by atoms with van der Waals surface area (Å²) in [5, 5.41) is 8.90. The molecule has 0 amide bonds. The monoisotopic (exact) mass is 194 g/mol. The predicted molar refractivity (Wildman–Crippen MR) is 42.8 cm³/mol. The van der Waals surface area contributed by atoms with E-state index < -0.39 is 9.05 Å². The molecule has 1 aliphatic rings. The average Bonchev–Trinajstić information content (AvgIpc) is 1.86. The predicted octanol–water partition coefficient (Wildman–Crippen LogP) is 1.67. The minimum atomic E-state index is -3.63.